The molecule has 1 aliphatic rings. The molecule has 1 unspecified atom stereocenters. The molecule has 0 bridgehead atoms. The third kappa shape index (κ3) is 4.71. The van der Waals surface area contributed by atoms with Gasteiger partial charge in [0.2, 0.25) is 5.91 Å². The van der Waals surface area contributed by atoms with Gasteiger partial charge in [0.15, 0.2) is 0 Å². The molecule has 2 rings (SSSR count). The van der Waals surface area contributed by atoms with E-state index in [0.29, 0.717) is 18.0 Å². The molecule has 1 heterocycles. The number of anilines is 1. The van der Waals surface area contributed by atoms with E-state index in [0.717, 1.165) is 28.8 Å². The molecule has 1 saturated heterocycles. The normalized spacial score (nSPS) is 18.5. The first-order valence-electron chi connectivity index (χ1n) is 6.21. The van der Waals surface area contributed by atoms with E-state index in [2.05, 4.69) is 21.2 Å². The van der Waals surface area contributed by atoms with Crippen LogP contribution < -0.4 is 11.1 Å². The molecule has 0 radical (unpaired) electrons. The van der Waals surface area contributed by atoms with E-state index >= 15 is 0 Å². The summed E-state index contributed by atoms with van der Waals surface area (Å²) in [5.74, 6) is 0.430. The summed E-state index contributed by atoms with van der Waals surface area (Å²) in [4.78, 5) is 12.7. The van der Waals surface area contributed by atoms with Crippen LogP contribution in [0.5, 0.6) is 0 Å². The van der Waals surface area contributed by atoms with Crippen molar-refractivity contribution in [2.24, 2.45) is 0 Å². The summed E-state index contributed by atoms with van der Waals surface area (Å²) in [7, 11) is 0. The summed E-state index contributed by atoms with van der Waals surface area (Å²) in [5.41, 5.74) is 6.38. The van der Waals surface area contributed by atoms with E-state index < -0.39 is 0 Å². The van der Waals surface area contributed by atoms with Crippen molar-refractivity contribution in [1.29, 1.82) is 0 Å². The molecule has 104 valence electrons. The van der Waals surface area contributed by atoms with Gasteiger partial charge < -0.3 is 15.8 Å². The molecule has 1 aliphatic heterocycles. The third-order valence-corrected chi connectivity index (χ3v) is 4.86. The number of hydrogen-bond donors (Lipinski definition) is 2. The Kier molecular flexibility index (Phi) is 5.54. The van der Waals surface area contributed by atoms with E-state index in [1.54, 1.807) is 0 Å². The molecule has 0 spiro atoms. The Morgan fingerprint density at radius 1 is 1.58 bits per heavy atom. The molecule has 3 N–H and O–H groups in total. The van der Waals surface area contributed by atoms with Crippen molar-refractivity contribution in [3.63, 3.8) is 0 Å². The molecule has 1 amide bonds. The molecule has 1 aromatic carbocycles. The minimum atomic E-state index is 0.0317. The van der Waals surface area contributed by atoms with E-state index in [4.69, 9.17) is 10.5 Å². The highest BCUT2D eigenvalue weighted by Gasteiger charge is 2.16. The molecule has 0 saturated carbocycles. The fourth-order valence-electron chi connectivity index (χ4n) is 1.86. The van der Waals surface area contributed by atoms with Crippen molar-refractivity contribution in [1.82, 2.24) is 5.32 Å². The van der Waals surface area contributed by atoms with Gasteiger partial charge in [0, 0.05) is 28.2 Å². The van der Waals surface area contributed by atoms with Crippen LogP contribution in [0.15, 0.2) is 27.6 Å². The quantitative estimate of drug-likeness (QED) is 0.635. The number of thioether (sulfide) groups is 1. The van der Waals surface area contributed by atoms with Gasteiger partial charge in [0.25, 0.3) is 0 Å². The SMILES string of the molecule is Nc1ccc(SCC(=O)NCC2CCCO2)c(Br)c1. The van der Waals surface area contributed by atoms with E-state index in [1.807, 2.05) is 18.2 Å². The first kappa shape index (κ1) is 14.7. The second-order valence-electron chi connectivity index (χ2n) is 4.42. The Balaban J connectivity index is 1.73. The maximum absolute atomic E-state index is 11.7. The lowest BCUT2D eigenvalue weighted by atomic mass is 10.2. The number of benzene rings is 1. The number of hydrogen-bond acceptors (Lipinski definition) is 4. The highest BCUT2D eigenvalue weighted by atomic mass is 79.9. The number of nitrogen functional groups attached to an aromatic ring is 1. The number of nitrogens with one attached hydrogen (secondary N) is 1. The van der Waals surface area contributed by atoms with Crippen LogP contribution >= 0.6 is 27.7 Å². The second-order valence-corrected chi connectivity index (χ2v) is 6.29. The van der Waals surface area contributed by atoms with Gasteiger partial charge in [0.1, 0.15) is 0 Å². The van der Waals surface area contributed by atoms with Crippen LogP contribution in [-0.2, 0) is 9.53 Å². The maximum Gasteiger partial charge on any atom is 0.230 e. The lowest BCUT2D eigenvalue weighted by Crippen LogP contribution is -2.32. The molecule has 4 nitrogen and oxygen atoms in total. The predicted molar refractivity (Wildman–Crippen MR) is 81.3 cm³/mol. The van der Waals surface area contributed by atoms with Crippen LogP contribution in [0.3, 0.4) is 0 Å². The number of nitrogens with two attached hydrogens (primary N) is 1. The number of halogens is 1. The average Bonchev–Trinajstić information content (AvgIpc) is 2.88. The van der Waals surface area contributed by atoms with E-state index in [1.165, 1.54) is 11.8 Å². The molecular weight excluding hydrogens is 328 g/mol. The summed E-state index contributed by atoms with van der Waals surface area (Å²) >= 11 is 4.93. The zero-order valence-corrected chi connectivity index (χ0v) is 12.9. The fraction of sp³-hybridized carbons (Fsp3) is 0.462. The minimum absolute atomic E-state index is 0.0317. The summed E-state index contributed by atoms with van der Waals surface area (Å²) in [6.45, 7) is 1.43. The molecule has 19 heavy (non-hydrogen) atoms. The van der Waals surface area contributed by atoms with Crippen LogP contribution in [0, 0.1) is 0 Å². The Hall–Kier alpha value is -0.720. The lowest BCUT2D eigenvalue weighted by molar-refractivity contribution is -0.119. The van der Waals surface area contributed by atoms with Gasteiger partial charge in [-0.25, -0.2) is 0 Å². The third-order valence-electron chi connectivity index (χ3n) is 2.87. The number of ether oxygens (including phenoxy) is 1. The second kappa shape index (κ2) is 7.17. The molecule has 0 aromatic heterocycles. The van der Waals surface area contributed by atoms with Crippen molar-refractivity contribution >= 4 is 39.3 Å². The van der Waals surface area contributed by atoms with Crippen molar-refractivity contribution in [3.05, 3.63) is 22.7 Å². The van der Waals surface area contributed by atoms with Gasteiger partial charge in [0.05, 0.1) is 11.9 Å². The number of carbonyl (C=O) groups excluding carboxylic acids is 1. The summed E-state index contributed by atoms with van der Waals surface area (Å²) in [6, 6.07) is 5.58. The molecule has 6 heteroatoms. The zero-order chi connectivity index (χ0) is 13.7. The standard InChI is InChI=1S/C13H17BrN2O2S/c14-11-6-9(15)3-4-12(11)19-8-13(17)16-7-10-2-1-5-18-10/h3-4,6,10H,1-2,5,7-8,15H2,(H,16,17). The highest BCUT2D eigenvalue weighted by Crippen LogP contribution is 2.28. The van der Waals surface area contributed by atoms with E-state index in [-0.39, 0.29) is 12.0 Å². The summed E-state index contributed by atoms with van der Waals surface area (Å²) in [6.07, 6.45) is 2.32. The van der Waals surface area contributed by atoms with Crippen molar-refractivity contribution in [2.45, 2.75) is 23.8 Å². The minimum Gasteiger partial charge on any atom is -0.399 e. The Bertz CT molecular complexity index is 450. The van der Waals surface area contributed by atoms with Crippen LogP contribution in [0.2, 0.25) is 0 Å². The molecule has 0 aliphatic carbocycles. The van der Waals surface area contributed by atoms with Gasteiger partial charge in [-0.1, -0.05) is 0 Å². The predicted octanol–water partition coefficient (Wildman–Crippen LogP) is 2.42. The Morgan fingerprint density at radius 3 is 3.11 bits per heavy atom. The van der Waals surface area contributed by atoms with E-state index in [9.17, 15) is 4.79 Å². The topological polar surface area (TPSA) is 64.4 Å². The highest BCUT2D eigenvalue weighted by molar-refractivity contribution is 9.10. The summed E-state index contributed by atoms with van der Waals surface area (Å²) in [5, 5.41) is 2.90. The summed E-state index contributed by atoms with van der Waals surface area (Å²) < 4.78 is 6.38. The lowest BCUT2D eigenvalue weighted by Gasteiger charge is -2.11. The van der Waals surface area contributed by atoms with Crippen molar-refractivity contribution in [3.8, 4) is 0 Å². The maximum atomic E-state index is 11.7. The van der Waals surface area contributed by atoms with Gasteiger partial charge in [-0.2, -0.15) is 0 Å². The Labute approximate surface area is 125 Å². The van der Waals surface area contributed by atoms with Gasteiger partial charge in [-0.05, 0) is 47.0 Å². The molecule has 1 aromatic rings. The number of carbonyl (C=O) groups is 1. The van der Waals surface area contributed by atoms with Gasteiger partial charge >= 0.3 is 0 Å². The van der Waals surface area contributed by atoms with Crippen LogP contribution in [0.25, 0.3) is 0 Å². The van der Waals surface area contributed by atoms with Crippen LogP contribution in [-0.4, -0.2) is 30.9 Å². The van der Waals surface area contributed by atoms with Gasteiger partial charge in [-0.3, -0.25) is 4.79 Å². The fourth-order valence-corrected chi connectivity index (χ4v) is 3.35. The van der Waals surface area contributed by atoms with Gasteiger partial charge in [-0.15, -0.1) is 11.8 Å². The zero-order valence-electron chi connectivity index (χ0n) is 10.5. The van der Waals surface area contributed by atoms with Crippen molar-refractivity contribution in [2.75, 3.05) is 24.6 Å². The smallest absolute Gasteiger partial charge is 0.230 e. The molecule has 1 atom stereocenters. The van der Waals surface area contributed by atoms with Crippen LogP contribution in [0.4, 0.5) is 5.69 Å². The Morgan fingerprint density at radius 2 is 2.42 bits per heavy atom. The van der Waals surface area contributed by atoms with Crippen LogP contribution in [0.1, 0.15) is 12.8 Å². The monoisotopic (exact) mass is 344 g/mol. The van der Waals surface area contributed by atoms with Crippen molar-refractivity contribution < 1.29 is 9.53 Å². The number of rotatable bonds is 5. The average molecular weight is 345 g/mol. The number of amides is 1. The molecular formula is C13H17BrN2O2S. The largest absolute Gasteiger partial charge is 0.399 e. The molecule has 1 fully saturated rings. The first-order valence-corrected chi connectivity index (χ1v) is 7.99. The first-order chi connectivity index (χ1) is 9.15.